The summed E-state index contributed by atoms with van der Waals surface area (Å²) >= 11 is 5.79. The Bertz CT molecular complexity index is 1120. The van der Waals surface area contributed by atoms with Gasteiger partial charge in [-0.15, -0.1) is 0 Å². The number of furan rings is 1. The van der Waals surface area contributed by atoms with Gasteiger partial charge in [0.15, 0.2) is 5.11 Å². The molecular formula is C25H25N3O3S. The van der Waals surface area contributed by atoms with Crippen LogP contribution in [0.1, 0.15) is 59.6 Å². The van der Waals surface area contributed by atoms with E-state index in [1.54, 1.807) is 12.3 Å². The van der Waals surface area contributed by atoms with Crippen LogP contribution in [0.5, 0.6) is 0 Å². The molecule has 0 amide bonds. The summed E-state index contributed by atoms with van der Waals surface area (Å²) in [4.78, 5) is 19.2. The molecule has 2 fully saturated rings. The normalized spacial score (nSPS) is 21.0. The summed E-state index contributed by atoms with van der Waals surface area (Å²) in [5, 5.41) is 4.24. The molecule has 164 valence electrons. The number of hydrogen-bond acceptors (Lipinski definition) is 5. The van der Waals surface area contributed by atoms with Gasteiger partial charge in [0.05, 0.1) is 24.4 Å². The predicted octanol–water partition coefficient (Wildman–Crippen LogP) is 5.04. The van der Waals surface area contributed by atoms with E-state index in [1.807, 2.05) is 48.5 Å². The zero-order valence-corrected chi connectivity index (χ0v) is 18.7. The van der Waals surface area contributed by atoms with Crippen LogP contribution in [0.15, 0.2) is 65.2 Å². The fraction of sp³-hybridized carbons (Fsp3) is 0.320. The van der Waals surface area contributed by atoms with Gasteiger partial charge in [-0.05, 0) is 55.4 Å². The Labute approximate surface area is 192 Å². The molecule has 0 unspecified atom stereocenters. The van der Waals surface area contributed by atoms with Crippen LogP contribution in [0.2, 0.25) is 0 Å². The summed E-state index contributed by atoms with van der Waals surface area (Å²) < 4.78 is 11.4. The highest BCUT2D eigenvalue weighted by Gasteiger charge is 2.45. The van der Waals surface area contributed by atoms with Crippen LogP contribution >= 0.6 is 12.2 Å². The second kappa shape index (κ2) is 8.74. The van der Waals surface area contributed by atoms with E-state index < -0.39 is 0 Å². The van der Waals surface area contributed by atoms with Crippen LogP contribution in [0.4, 0.5) is 0 Å². The molecule has 1 aliphatic carbocycles. The molecule has 1 N–H and O–H groups in total. The lowest BCUT2D eigenvalue weighted by atomic mass is 10.0. The molecule has 2 aromatic heterocycles. The van der Waals surface area contributed by atoms with Gasteiger partial charge in [-0.3, -0.25) is 4.98 Å². The topological polar surface area (TPSA) is 67.6 Å². The molecule has 3 heterocycles. The number of rotatable bonds is 5. The van der Waals surface area contributed by atoms with Crippen molar-refractivity contribution >= 4 is 23.3 Å². The molecule has 6 nitrogen and oxygen atoms in total. The van der Waals surface area contributed by atoms with E-state index in [-0.39, 0.29) is 18.1 Å². The van der Waals surface area contributed by atoms with Crippen molar-refractivity contribution in [3.63, 3.8) is 0 Å². The molecule has 2 aliphatic rings. The van der Waals surface area contributed by atoms with Gasteiger partial charge in [0, 0.05) is 17.8 Å². The van der Waals surface area contributed by atoms with Gasteiger partial charge in [-0.2, -0.15) is 0 Å². The molecule has 2 atom stereocenters. The number of pyridine rings is 1. The van der Waals surface area contributed by atoms with Gasteiger partial charge < -0.3 is 19.4 Å². The summed E-state index contributed by atoms with van der Waals surface area (Å²) in [6.45, 7) is 0. The number of benzene rings is 1. The maximum absolute atomic E-state index is 12.3. The molecule has 1 aliphatic heterocycles. The quantitative estimate of drug-likeness (QED) is 0.434. The molecule has 0 bridgehead atoms. The summed E-state index contributed by atoms with van der Waals surface area (Å²) in [6, 6.07) is 17.3. The standard InChI is InChI=1S/C25H25N3O3S/c1-30-24(29)18-11-5-4-10-17(18)20-13-14-21(31-20)23-22(19-12-6-7-15-26-19)27-25(32)28(23)16-8-2-3-9-16/h4-7,10-16,22-23H,2-3,8-9H2,1H3,(H,27,32)/t22-,23-/m0/s1. The molecule has 7 heteroatoms. The second-order valence-electron chi connectivity index (χ2n) is 8.21. The Balaban J connectivity index is 1.56. The van der Waals surface area contributed by atoms with Crippen LogP contribution < -0.4 is 5.32 Å². The second-order valence-corrected chi connectivity index (χ2v) is 8.60. The average molecular weight is 448 g/mol. The van der Waals surface area contributed by atoms with Crippen LogP contribution in [-0.4, -0.2) is 34.1 Å². The summed E-state index contributed by atoms with van der Waals surface area (Å²) in [6.07, 6.45) is 6.45. The first kappa shape index (κ1) is 20.7. The van der Waals surface area contributed by atoms with E-state index >= 15 is 0 Å². The Morgan fingerprint density at radius 2 is 1.91 bits per heavy atom. The van der Waals surface area contributed by atoms with E-state index in [4.69, 9.17) is 21.4 Å². The number of hydrogen-bond donors (Lipinski definition) is 1. The van der Waals surface area contributed by atoms with E-state index in [9.17, 15) is 4.79 Å². The third-order valence-corrected chi connectivity index (χ3v) is 6.70. The SMILES string of the molecule is COC(=O)c1ccccc1-c1ccc([C@H]2[C@H](c3ccccn3)NC(=S)N2C2CCCC2)o1. The summed E-state index contributed by atoms with van der Waals surface area (Å²) in [5.41, 5.74) is 2.11. The Hall–Kier alpha value is -3.19. The van der Waals surface area contributed by atoms with Crippen molar-refractivity contribution in [1.82, 2.24) is 15.2 Å². The monoisotopic (exact) mass is 447 g/mol. The van der Waals surface area contributed by atoms with Gasteiger partial charge in [0.2, 0.25) is 0 Å². The van der Waals surface area contributed by atoms with E-state index in [1.165, 1.54) is 20.0 Å². The fourth-order valence-corrected chi connectivity index (χ4v) is 5.28. The highest BCUT2D eigenvalue weighted by molar-refractivity contribution is 7.80. The van der Waals surface area contributed by atoms with Crippen LogP contribution in [0, 0.1) is 0 Å². The van der Waals surface area contributed by atoms with E-state index in [2.05, 4.69) is 15.2 Å². The van der Waals surface area contributed by atoms with Gasteiger partial charge >= 0.3 is 5.97 Å². The average Bonchev–Trinajstić information content (AvgIpc) is 3.58. The van der Waals surface area contributed by atoms with Crippen LogP contribution in [0.3, 0.4) is 0 Å². The molecule has 3 aromatic rings. The van der Waals surface area contributed by atoms with Crippen molar-refractivity contribution in [2.45, 2.75) is 43.8 Å². The van der Waals surface area contributed by atoms with Crippen LogP contribution in [0.25, 0.3) is 11.3 Å². The first-order chi connectivity index (χ1) is 15.7. The number of carbonyl (C=O) groups is 1. The molecule has 1 saturated heterocycles. The number of ether oxygens (including phenoxy) is 1. The highest BCUT2D eigenvalue weighted by atomic mass is 32.1. The highest BCUT2D eigenvalue weighted by Crippen LogP contribution is 2.44. The molecule has 0 radical (unpaired) electrons. The van der Waals surface area contributed by atoms with Gasteiger partial charge in [0.25, 0.3) is 0 Å². The number of aromatic nitrogens is 1. The van der Waals surface area contributed by atoms with Gasteiger partial charge in [-0.25, -0.2) is 4.79 Å². The number of thiocarbonyl (C=S) groups is 1. The van der Waals surface area contributed by atoms with Crippen molar-refractivity contribution in [2.24, 2.45) is 0 Å². The minimum atomic E-state index is -0.388. The van der Waals surface area contributed by atoms with Crippen LogP contribution in [-0.2, 0) is 4.74 Å². The summed E-state index contributed by atoms with van der Waals surface area (Å²) in [7, 11) is 1.38. The maximum Gasteiger partial charge on any atom is 0.338 e. The zero-order valence-electron chi connectivity index (χ0n) is 17.9. The number of esters is 1. The Kier molecular flexibility index (Phi) is 5.66. The first-order valence-electron chi connectivity index (χ1n) is 10.9. The molecule has 0 spiro atoms. The van der Waals surface area contributed by atoms with Crippen molar-refractivity contribution < 1.29 is 13.9 Å². The Morgan fingerprint density at radius 3 is 2.66 bits per heavy atom. The molecule has 1 aromatic carbocycles. The number of carbonyl (C=O) groups excluding carboxylic acids is 1. The smallest absolute Gasteiger partial charge is 0.338 e. The molecule has 32 heavy (non-hydrogen) atoms. The lowest BCUT2D eigenvalue weighted by Gasteiger charge is -2.31. The summed E-state index contributed by atoms with van der Waals surface area (Å²) in [5.74, 6) is 1.04. The van der Waals surface area contributed by atoms with Crippen molar-refractivity contribution in [1.29, 1.82) is 0 Å². The Morgan fingerprint density at radius 1 is 1.12 bits per heavy atom. The van der Waals surface area contributed by atoms with Gasteiger partial charge in [0.1, 0.15) is 17.6 Å². The number of nitrogens with one attached hydrogen (secondary N) is 1. The van der Waals surface area contributed by atoms with E-state index in [0.717, 1.165) is 29.4 Å². The molecular weight excluding hydrogens is 422 g/mol. The minimum absolute atomic E-state index is 0.112. The van der Waals surface area contributed by atoms with Crippen molar-refractivity contribution in [3.8, 4) is 11.3 Å². The maximum atomic E-state index is 12.3. The largest absolute Gasteiger partial charge is 0.465 e. The van der Waals surface area contributed by atoms with Gasteiger partial charge in [-0.1, -0.05) is 37.1 Å². The first-order valence-corrected chi connectivity index (χ1v) is 11.4. The third-order valence-electron chi connectivity index (χ3n) is 6.37. The zero-order chi connectivity index (χ0) is 22.1. The third kappa shape index (κ3) is 3.66. The van der Waals surface area contributed by atoms with Crippen molar-refractivity contribution in [3.05, 3.63) is 77.8 Å². The lowest BCUT2D eigenvalue weighted by Crippen LogP contribution is -2.37. The molecule has 5 rings (SSSR count). The fourth-order valence-electron chi connectivity index (χ4n) is 4.89. The van der Waals surface area contributed by atoms with E-state index in [0.29, 0.717) is 22.9 Å². The molecule has 1 saturated carbocycles. The number of nitrogens with zero attached hydrogens (tertiary/aromatic N) is 2. The lowest BCUT2D eigenvalue weighted by molar-refractivity contribution is 0.0601. The van der Waals surface area contributed by atoms with Crippen molar-refractivity contribution in [2.75, 3.05) is 7.11 Å². The predicted molar refractivity (Wildman–Crippen MR) is 125 cm³/mol. The number of methoxy groups -OCH3 is 1. The minimum Gasteiger partial charge on any atom is -0.465 e.